The van der Waals surface area contributed by atoms with E-state index in [2.05, 4.69) is 4.98 Å². The van der Waals surface area contributed by atoms with Gasteiger partial charge in [-0.1, -0.05) is 18.2 Å². The molecular weight excluding hydrogens is 428 g/mol. The lowest BCUT2D eigenvalue weighted by Gasteiger charge is -2.22. The third kappa shape index (κ3) is 5.70. The molecule has 0 saturated carbocycles. The summed E-state index contributed by atoms with van der Waals surface area (Å²) < 4.78 is 7.14. The van der Waals surface area contributed by atoms with Crippen LogP contribution in [-0.2, 0) is 19.1 Å². The van der Waals surface area contributed by atoms with Gasteiger partial charge in [-0.25, -0.2) is 9.78 Å². The summed E-state index contributed by atoms with van der Waals surface area (Å²) in [6.45, 7) is 3.57. The van der Waals surface area contributed by atoms with Crippen LogP contribution in [-0.4, -0.2) is 40.5 Å². The van der Waals surface area contributed by atoms with Crippen molar-refractivity contribution in [1.29, 1.82) is 0 Å². The maximum Gasteiger partial charge on any atom is 0.331 e. The molecule has 0 aliphatic heterocycles. The predicted octanol–water partition coefficient (Wildman–Crippen LogP) is 3.02. The Balaban J connectivity index is 1.63. The van der Waals surface area contributed by atoms with Crippen LogP contribution in [0.3, 0.4) is 0 Å². The van der Waals surface area contributed by atoms with E-state index in [1.165, 1.54) is 22.3 Å². The number of thiazole rings is 1. The number of carbonyl (C=O) groups is 3. The van der Waals surface area contributed by atoms with Gasteiger partial charge in [0.25, 0.3) is 5.91 Å². The van der Waals surface area contributed by atoms with Crippen LogP contribution in [0.15, 0.2) is 54.1 Å². The van der Waals surface area contributed by atoms with Gasteiger partial charge in [0.15, 0.2) is 11.7 Å². The molecule has 0 aliphatic carbocycles. The zero-order chi connectivity index (χ0) is 23.1. The highest BCUT2D eigenvalue weighted by atomic mass is 32.1. The number of para-hydroxylation sites is 1. The summed E-state index contributed by atoms with van der Waals surface area (Å²) in [5.74, 6) is -1.60. The summed E-state index contributed by atoms with van der Waals surface area (Å²) >= 11 is 1.52. The Morgan fingerprint density at radius 3 is 2.62 bits per heavy atom. The van der Waals surface area contributed by atoms with Gasteiger partial charge < -0.3 is 15.4 Å². The predicted molar refractivity (Wildman–Crippen MR) is 124 cm³/mol. The minimum absolute atomic E-state index is 0.00317. The second kappa shape index (κ2) is 10.5. The van der Waals surface area contributed by atoms with Gasteiger partial charge in [-0.05, 0) is 43.7 Å². The number of anilines is 1. The molecule has 0 bridgehead atoms. The smallest absolute Gasteiger partial charge is 0.331 e. The van der Waals surface area contributed by atoms with E-state index in [1.54, 1.807) is 36.5 Å². The van der Waals surface area contributed by atoms with Gasteiger partial charge in [-0.15, -0.1) is 11.3 Å². The molecule has 8 nitrogen and oxygen atoms in total. The summed E-state index contributed by atoms with van der Waals surface area (Å²) in [7, 11) is 0. The first-order valence-corrected chi connectivity index (χ1v) is 10.8. The number of hydrogen-bond donors (Lipinski definition) is 1. The fraction of sp³-hybridized carbons (Fsp3) is 0.217. The summed E-state index contributed by atoms with van der Waals surface area (Å²) in [6.07, 6.45) is 4.69. The highest BCUT2D eigenvalue weighted by Crippen LogP contribution is 2.23. The molecule has 0 fully saturated rings. The number of aryl methyl sites for hydroxylation is 1. The van der Waals surface area contributed by atoms with E-state index in [0.717, 1.165) is 22.1 Å². The maximum atomic E-state index is 12.6. The van der Waals surface area contributed by atoms with Gasteiger partial charge in [0.2, 0.25) is 5.91 Å². The van der Waals surface area contributed by atoms with E-state index in [0.29, 0.717) is 5.69 Å². The number of rotatable bonds is 9. The number of primary amides is 1. The lowest BCUT2D eigenvalue weighted by atomic mass is 10.2. The highest BCUT2D eigenvalue weighted by molar-refractivity contribution is 7.12. The quantitative estimate of drug-likeness (QED) is 0.397. The molecule has 2 heterocycles. The minimum atomic E-state index is -0.639. The van der Waals surface area contributed by atoms with E-state index >= 15 is 0 Å². The molecular formula is C23H24N4O4S. The van der Waals surface area contributed by atoms with Crippen LogP contribution in [0.25, 0.3) is 11.2 Å². The normalized spacial score (nSPS) is 10.9. The Morgan fingerprint density at radius 1 is 1.22 bits per heavy atom. The third-order valence-corrected chi connectivity index (χ3v) is 5.53. The lowest BCUT2D eigenvalue weighted by molar-refractivity contribution is -0.143. The summed E-state index contributed by atoms with van der Waals surface area (Å²) in [4.78, 5) is 41.7. The van der Waals surface area contributed by atoms with Crippen LogP contribution in [0.1, 0.15) is 23.4 Å². The van der Waals surface area contributed by atoms with Crippen LogP contribution in [0.5, 0.6) is 0 Å². The van der Waals surface area contributed by atoms with Crippen LogP contribution >= 0.6 is 11.3 Å². The number of esters is 1. The largest absolute Gasteiger partial charge is 0.452 e. The average molecular weight is 453 g/mol. The molecule has 0 saturated heterocycles. The Hall–Kier alpha value is -3.72. The van der Waals surface area contributed by atoms with Crippen molar-refractivity contribution in [3.05, 3.63) is 71.0 Å². The number of benzene rings is 1. The fourth-order valence-electron chi connectivity index (χ4n) is 3.22. The second-order valence-electron chi connectivity index (χ2n) is 7.01. The van der Waals surface area contributed by atoms with Crippen LogP contribution in [0.4, 0.5) is 5.69 Å². The van der Waals surface area contributed by atoms with Crippen LogP contribution in [0.2, 0.25) is 0 Å². The SMILES string of the molecule is Cc1cc(/C=C/C(=O)OCC(=O)N(CCC(N)=O)c2ccccc2)c(C)n1-c1nccs1. The first-order chi connectivity index (χ1) is 15.4. The summed E-state index contributed by atoms with van der Waals surface area (Å²) in [5.41, 5.74) is 8.61. The number of ether oxygens (including phenoxy) is 1. The first-order valence-electron chi connectivity index (χ1n) is 9.94. The Morgan fingerprint density at radius 2 is 1.97 bits per heavy atom. The molecule has 3 rings (SSSR count). The topological polar surface area (TPSA) is 108 Å². The number of amides is 2. The molecule has 32 heavy (non-hydrogen) atoms. The van der Waals surface area contributed by atoms with Crippen molar-refractivity contribution in [2.24, 2.45) is 5.73 Å². The highest BCUT2D eigenvalue weighted by Gasteiger charge is 2.18. The van der Waals surface area contributed by atoms with Crippen molar-refractivity contribution < 1.29 is 19.1 Å². The maximum absolute atomic E-state index is 12.6. The monoisotopic (exact) mass is 452 g/mol. The molecule has 2 amide bonds. The van der Waals surface area contributed by atoms with Crippen molar-refractivity contribution >= 4 is 40.9 Å². The van der Waals surface area contributed by atoms with E-state index < -0.39 is 24.4 Å². The molecule has 3 aromatic rings. The fourth-order valence-corrected chi connectivity index (χ4v) is 3.97. The van der Waals surface area contributed by atoms with E-state index in [4.69, 9.17) is 10.5 Å². The van der Waals surface area contributed by atoms with Crippen LogP contribution in [0, 0.1) is 13.8 Å². The van der Waals surface area contributed by atoms with E-state index in [-0.39, 0.29) is 13.0 Å². The summed E-state index contributed by atoms with van der Waals surface area (Å²) in [5, 5.41) is 2.75. The van der Waals surface area contributed by atoms with Gasteiger partial charge >= 0.3 is 5.97 Å². The zero-order valence-electron chi connectivity index (χ0n) is 17.9. The van der Waals surface area contributed by atoms with E-state index in [9.17, 15) is 14.4 Å². The minimum Gasteiger partial charge on any atom is -0.452 e. The van der Waals surface area contributed by atoms with Crippen molar-refractivity contribution in [2.45, 2.75) is 20.3 Å². The Bertz CT molecular complexity index is 1120. The second-order valence-corrected chi connectivity index (χ2v) is 7.89. The molecule has 0 spiro atoms. The lowest BCUT2D eigenvalue weighted by Crippen LogP contribution is -2.37. The van der Waals surface area contributed by atoms with Gasteiger partial charge in [0.05, 0.1) is 0 Å². The molecule has 0 atom stereocenters. The molecule has 0 unspecified atom stereocenters. The standard InChI is InChI=1S/C23H24N4O4S/c1-16-14-18(17(2)27(16)23-25-11-13-32-23)8-9-22(30)31-15-21(29)26(12-10-20(24)28)19-6-4-3-5-7-19/h3-9,11,13-14H,10,12,15H2,1-2H3,(H2,24,28)/b9-8+. The van der Waals surface area contributed by atoms with Gasteiger partial charge in [-0.3, -0.25) is 14.2 Å². The number of nitrogens with zero attached hydrogens (tertiary/aromatic N) is 3. The third-order valence-electron chi connectivity index (χ3n) is 4.77. The van der Waals surface area contributed by atoms with Crippen molar-refractivity contribution in [3.8, 4) is 5.13 Å². The number of aromatic nitrogens is 2. The number of nitrogens with two attached hydrogens (primary N) is 1. The van der Waals surface area contributed by atoms with Gasteiger partial charge in [0, 0.05) is 47.7 Å². The van der Waals surface area contributed by atoms with Crippen molar-refractivity contribution in [1.82, 2.24) is 9.55 Å². The molecule has 9 heteroatoms. The summed E-state index contributed by atoms with van der Waals surface area (Å²) in [6, 6.07) is 10.8. The molecule has 166 valence electrons. The molecule has 0 aliphatic rings. The molecule has 2 N–H and O–H groups in total. The van der Waals surface area contributed by atoms with Crippen LogP contribution < -0.4 is 10.6 Å². The number of carbonyl (C=O) groups excluding carboxylic acids is 3. The van der Waals surface area contributed by atoms with Crippen molar-refractivity contribution in [2.75, 3.05) is 18.1 Å². The molecule has 1 aromatic carbocycles. The van der Waals surface area contributed by atoms with E-state index in [1.807, 2.05) is 35.9 Å². The molecule has 2 aromatic heterocycles. The van der Waals surface area contributed by atoms with Gasteiger partial charge in [-0.2, -0.15) is 0 Å². The Labute approximate surface area is 189 Å². The number of hydrogen-bond acceptors (Lipinski definition) is 6. The van der Waals surface area contributed by atoms with Crippen molar-refractivity contribution in [3.63, 3.8) is 0 Å². The molecule has 0 radical (unpaired) electrons. The zero-order valence-corrected chi connectivity index (χ0v) is 18.7. The first kappa shape index (κ1) is 23.0. The Kier molecular flexibility index (Phi) is 7.56. The average Bonchev–Trinajstić information content (AvgIpc) is 3.39. The van der Waals surface area contributed by atoms with Gasteiger partial charge in [0.1, 0.15) is 0 Å².